The molecule has 3 rings (SSSR count). The van der Waals surface area contributed by atoms with Crippen LogP contribution in [0.5, 0.6) is 0 Å². The zero-order valence-corrected chi connectivity index (χ0v) is 18.2. The van der Waals surface area contributed by atoms with Gasteiger partial charge in [-0.2, -0.15) is 5.10 Å². The van der Waals surface area contributed by atoms with Crippen molar-refractivity contribution in [1.82, 2.24) is 24.9 Å². The first-order chi connectivity index (χ1) is 13.3. The monoisotopic (exact) mass is 423 g/mol. The van der Waals surface area contributed by atoms with Gasteiger partial charge < -0.3 is 10.2 Å². The maximum Gasteiger partial charge on any atom is 0.169 e. The number of aromatic nitrogens is 2. The highest BCUT2D eigenvalue weighted by Gasteiger charge is 2.21. The van der Waals surface area contributed by atoms with Crippen LogP contribution in [0.3, 0.4) is 0 Å². The van der Waals surface area contributed by atoms with Gasteiger partial charge in [0.15, 0.2) is 5.11 Å². The molecule has 1 atom stereocenters. The maximum absolute atomic E-state index is 13.1. The number of nitrogens with zero attached hydrogens (tertiary/aromatic N) is 4. The highest BCUT2D eigenvalue weighted by atomic mass is 35.5. The molecule has 0 spiro atoms. The number of aryl methyl sites for hydroxylation is 2. The molecule has 2 aromatic rings. The Balaban J connectivity index is 1.55. The Morgan fingerprint density at radius 3 is 2.61 bits per heavy atom. The van der Waals surface area contributed by atoms with Crippen molar-refractivity contribution in [2.45, 2.75) is 32.9 Å². The Labute approximate surface area is 176 Å². The van der Waals surface area contributed by atoms with E-state index in [2.05, 4.69) is 20.2 Å². The Morgan fingerprint density at radius 2 is 1.96 bits per heavy atom. The van der Waals surface area contributed by atoms with Crippen molar-refractivity contribution in [3.8, 4) is 0 Å². The second-order valence-electron chi connectivity index (χ2n) is 7.32. The minimum absolute atomic E-state index is 0.0318. The van der Waals surface area contributed by atoms with Gasteiger partial charge in [-0.15, -0.1) is 0 Å². The molecule has 1 N–H and O–H groups in total. The summed E-state index contributed by atoms with van der Waals surface area (Å²) in [6.07, 6.45) is 1.03. The molecule has 1 aromatic carbocycles. The van der Waals surface area contributed by atoms with Gasteiger partial charge >= 0.3 is 0 Å². The Kier molecular flexibility index (Phi) is 6.91. The topological polar surface area (TPSA) is 36.3 Å². The zero-order valence-electron chi connectivity index (χ0n) is 16.6. The standard InChI is InChI=1S/C20H27ClFN5S/c1-14(16-5-7-17(22)8-6-16)23-20(28)27-10-4-9-26(11-12-27)13-18-15(2)24-25(3)19(18)21/h5-8,14H,4,9-13H2,1-3H3,(H,23,28). The molecule has 1 aromatic heterocycles. The van der Waals surface area contributed by atoms with E-state index in [1.807, 2.05) is 20.9 Å². The minimum Gasteiger partial charge on any atom is -0.356 e. The summed E-state index contributed by atoms with van der Waals surface area (Å²) >= 11 is 12.0. The zero-order chi connectivity index (χ0) is 20.3. The molecule has 0 aliphatic carbocycles. The van der Waals surface area contributed by atoms with Crippen LogP contribution in [0.25, 0.3) is 0 Å². The Hall–Kier alpha value is -1.70. The van der Waals surface area contributed by atoms with Crippen molar-refractivity contribution >= 4 is 28.9 Å². The van der Waals surface area contributed by atoms with Crippen molar-refractivity contribution in [3.05, 3.63) is 52.1 Å². The first-order valence-corrected chi connectivity index (χ1v) is 10.3. The number of hydrogen-bond donors (Lipinski definition) is 1. The normalized spacial score (nSPS) is 16.7. The van der Waals surface area contributed by atoms with Crippen molar-refractivity contribution in [1.29, 1.82) is 0 Å². The number of halogens is 2. The Morgan fingerprint density at radius 1 is 1.25 bits per heavy atom. The third kappa shape index (κ3) is 5.01. The van der Waals surface area contributed by atoms with Gasteiger partial charge in [-0.05, 0) is 50.2 Å². The lowest BCUT2D eigenvalue weighted by molar-refractivity contribution is 0.277. The molecule has 1 aliphatic heterocycles. The van der Waals surface area contributed by atoms with E-state index in [1.165, 1.54) is 12.1 Å². The van der Waals surface area contributed by atoms with Crippen LogP contribution in [-0.2, 0) is 13.6 Å². The van der Waals surface area contributed by atoms with E-state index in [9.17, 15) is 4.39 Å². The van der Waals surface area contributed by atoms with E-state index < -0.39 is 0 Å². The first kappa shape index (κ1) is 21.0. The molecular formula is C20H27ClFN5S. The molecular weight excluding hydrogens is 397 g/mol. The summed E-state index contributed by atoms with van der Waals surface area (Å²) in [6, 6.07) is 6.57. The molecule has 2 heterocycles. The van der Waals surface area contributed by atoms with Crippen LogP contribution in [0.15, 0.2) is 24.3 Å². The molecule has 0 saturated carbocycles. The average molecular weight is 424 g/mol. The van der Waals surface area contributed by atoms with Crippen LogP contribution >= 0.6 is 23.8 Å². The van der Waals surface area contributed by atoms with Crippen LogP contribution in [0.1, 0.15) is 36.2 Å². The van der Waals surface area contributed by atoms with Crippen molar-refractivity contribution in [2.24, 2.45) is 7.05 Å². The summed E-state index contributed by atoms with van der Waals surface area (Å²) < 4.78 is 14.8. The minimum atomic E-state index is -0.227. The number of rotatable bonds is 4. The lowest BCUT2D eigenvalue weighted by Gasteiger charge is -2.27. The maximum atomic E-state index is 13.1. The van der Waals surface area contributed by atoms with E-state index in [-0.39, 0.29) is 11.9 Å². The van der Waals surface area contributed by atoms with E-state index in [0.717, 1.165) is 61.1 Å². The van der Waals surface area contributed by atoms with Gasteiger partial charge in [0.25, 0.3) is 0 Å². The summed E-state index contributed by atoms with van der Waals surface area (Å²) in [4.78, 5) is 4.62. The molecule has 0 bridgehead atoms. The predicted molar refractivity (Wildman–Crippen MR) is 115 cm³/mol. The van der Waals surface area contributed by atoms with Gasteiger partial charge in [0, 0.05) is 45.3 Å². The molecule has 1 unspecified atom stereocenters. The third-order valence-corrected chi connectivity index (χ3v) is 6.09. The third-order valence-electron chi connectivity index (χ3n) is 5.24. The number of thiocarbonyl (C=S) groups is 1. The highest BCUT2D eigenvalue weighted by molar-refractivity contribution is 7.80. The van der Waals surface area contributed by atoms with Crippen molar-refractivity contribution < 1.29 is 4.39 Å². The molecule has 28 heavy (non-hydrogen) atoms. The molecule has 1 aliphatic rings. The van der Waals surface area contributed by atoms with Gasteiger partial charge in [-0.1, -0.05) is 23.7 Å². The largest absolute Gasteiger partial charge is 0.356 e. The average Bonchev–Trinajstić information content (AvgIpc) is 2.84. The van der Waals surface area contributed by atoms with Gasteiger partial charge in [0.05, 0.1) is 11.7 Å². The predicted octanol–water partition coefficient (Wildman–Crippen LogP) is 3.66. The smallest absolute Gasteiger partial charge is 0.169 e. The molecule has 0 radical (unpaired) electrons. The summed E-state index contributed by atoms with van der Waals surface area (Å²) in [5.74, 6) is -0.227. The summed E-state index contributed by atoms with van der Waals surface area (Å²) in [5, 5.41) is 9.24. The van der Waals surface area contributed by atoms with Crippen LogP contribution < -0.4 is 5.32 Å². The molecule has 1 fully saturated rings. The molecule has 1 saturated heterocycles. The van der Waals surface area contributed by atoms with Crippen LogP contribution in [0.2, 0.25) is 5.15 Å². The van der Waals surface area contributed by atoms with Crippen LogP contribution in [0, 0.1) is 12.7 Å². The second kappa shape index (κ2) is 9.20. The van der Waals surface area contributed by atoms with Gasteiger partial charge in [0.1, 0.15) is 11.0 Å². The fourth-order valence-corrected chi connectivity index (χ4v) is 4.11. The molecule has 152 valence electrons. The van der Waals surface area contributed by atoms with E-state index in [4.69, 9.17) is 23.8 Å². The second-order valence-corrected chi connectivity index (χ2v) is 8.06. The summed E-state index contributed by atoms with van der Waals surface area (Å²) in [7, 11) is 1.87. The van der Waals surface area contributed by atoms with Crippen LogP contribution in [0.4, 0.5) is 4.39 Å². The van der Waals surface area contributed by atoms with Gasteiger partial charge in [-0.3, -0.25) is 9.58 Å². The van der Waals surface area contributed by atoms with Crippen molar-refractivity contribution in [3.63, 3.8) is 0 Å². The number of hydrogen-bond acceptors (Lipinski definition) is 3. The summed E-state index contributed by atoms with van der Waals surface area (Å²) in [5.41, 5.74) is 3.10. The van der Waals surface area contributed by atoms with Crippen molar-refractivity contribution in [2.75, 3.05) is 26.2 Å². The SMILES string of the molecule is Cc1nn(C)c(Cl)c1CN1CCCN(C(=S)NC(C)c2ccc(F)cc2)CC1. The first-order valence-electron chi connectivity index (χ1n) is 9.56. The van der Waals surface area contributed by atoms with Gasteiger partial charge in [-0.25, -0.2) is 4.39 Å². The Bertz CT molecular complexity index is 823. The summed E-state index contributed by atoms with van der Waals surface area (Å²) in [6.45, 7) is 8.53. The van der Waals surface area contributed by atoms with E-state index in [1.54, 1.807) is 16.8 Å². The fraction of sp³-hybridized carbons (Fsp3) is 0.500. The lowest BCUT2D eigenvalue weighted by Crippen LogP contribution is -2.42. The van der Waals surface area contributed by atoms with Gasteiger partial charge in [0.2, 0.25) is 0 Å². The van der Waals surface area contributed by atoms with E-state index in [0.29, 0.717) is 5.15 Å². The fourth-order valence-electron chi connectivity index (χ4n) is 3.52. The van der Waals surface area contributed by atoms with Crippen LogP contribution in [-0.4, -0.2) is 50.9 Å². The van der Waals surface area contributed by atoms with E-state index >= 15 is 0 Å². The number of nitrogens with one attached hydrogen (secondary N) is 1. The molecule has 5 nitrogen and oxygen atoms in total. The number of benzene rings is 1. The quantitative estimate of drug-likeness (QED) is 0.759. The highest BCUT2D eigenvalue weighted by Crippen LogP contribution is 2.21. The lowest BCUT2D eigenvalue weighted by atomic mass is 10.1. The molecule has 0 amide bonds. The molecule has 8 heteroatoms.